The molecule has 0 bridgehead atoms. The van der Waals surface area contributed by atoms with E-state index in [1.54, 1.807) is 0 Å². The fraction of sp³-hybridized carbons (Fsp3) is 0.706. The number of likely N-dealkylation sites (N-methyl/N-ethyl adjacent to an activating group) is 2. The minimum atomic E-state index is 0.336. The number of rotatable bonds is 7. The third-order valence-corrected chi connectivity index (χ3v) is 4.64. The molecule has 0 atom stereocenters. The molecule has 0 unspecified atom stereocenters. The van der Waals surface area contributed by atoms with Crippen LogP contribution < -0.4 is 10.2 Å². The average molecular weight is 290 g/mol. The van der Waals surface area contributed by atoms with Crippen molar-refractivity contribution in [1.29, 1.82) is 0 Å². The molecule has 1 aromatic rings. The second kappa shape index (κ2) is 6.75. The van der Waals surface area contributed by atoms with Gasteiger partial charge in [0.1, 0.15) is 5.82 Å². The van der Waals surface area contributed by atoms with Crippen LogP contribution in [0.3, 0.4) is 0 Å². The molecule has 0 spiro atoms. The molecule has 0 aromatic carbocycles. The molecule has 0 radical (unpaired) electrons. The van der Waals surface area contributed by atoms with E-state index in [4.69, 9.17) is 4.98 Å². The summed E-state index contributed by atoms with van der Waals surface area (Å²) in [6.45, 7) is 6.20. The molecule has 2 rings (SSSR count). The monoisotopic (exact) mass is 290 g/mol. The maximum absolute atomic E-state index is 4.79. The summed E-state index contributed by atoms with van der Waals surface area (Å²) >= 11 is 0. The highest BCUT2D eigenvalue weighted by molar-refractivity contribution is 5.39. The summed E-state index contributed by atoms with van der Waals surface area (Å²) in [5, 5.41) is 3.43. The maximum atomic E-state index is 4.79. The van der Waals surface area contributed by atoms with Crippen LogP contribution in [-0.4, -0.2) is 49.2 Å². The molecule has 0 saturated heterocycles. The molecule has 21 heavy (non-hydrogen) atoms. The number of nitrogens with zero attached hydrogens (tertiary/aromatic N) is 3. The zero-order chi connectivity index (χ0) is 15.5. The lowest BCUT2D eigenvalue weighted by Gasteiger charge is -2.49. The molecule has 1 aliphatic rings. The average Bonchev–Trinajstić information content (AvgIpc) is 2.40. The van der Waals surface area contributed by atoms with Gasteiger partial charge in [0.2, 0.25) is 0 Å². The largest absolute Gasteiger partial charge is 0.358 e. The van der Waals surface area contributed by atoms with E-state index in [-0.39, 0.29) is 0 Å². The highest BCUT2D eigenvalue weighted by atomic mass is 15.2. The van der Waals surface area contributed by atoms with Gasteiger partial charge in [-0.05, 0) is 45.5 Å². The maximum Gasteiger partial charge on any atom is 0.128 e. The van der Waals surface area contributed by atoms with Crippen LogP contribution >= 0.6 is 0 Å². The number of hydrogen-bond donors (Lipinski definition) is 1. The molecular weight excluding hydrogens is 260 g/mol. The number of hydrogen-bond acceptors (Lipinski definition) is 4. The topological polar surface area (TPSA) is 31.4 Å². The minimum absolute atomic E-state index is 0.336. The molecule has 118 valence electrons. The van der Waals surface area contributed by atoms with E-state index in [0.29, 0.717) is 11.6 Å². The van der Waals surface area contributed by atoms with Gasteiger partial charge >= 0.3 is 0 Å². The fourth-order valence-corrected chi connectivity index (χ4v) is 2.94. The van der Waals surface area contributed by atoms with Gasteiger partial charge in [0, 0.05) is 31.7 Å². The molecule has 1 heterocycles. The number of nitrogens with one attached hydrogen (secondary N) is 1. The first kappa shape index (κ1) is 16.2. The van der Waals surface area contributed by atoms with Crippen LogP contribution in [0, 0.1) is 0 Å². The predicted molar refractivity (Wildman–Crippen MR) is 89.8 cm³/mol. The van der Waals surface area contributed by atoms with Crippen molar-refractivity contribution >= 4 is 5.82 Å². The van der Waals surface area contributed by atoms with Crippen LogP contribution in [0.5, 0.6) is 0 Å². The molecule has 1 saturated carbocycles. The van der Waals surface area contributed by atoms with E-state index in [1.165, 1.54) is 19.3 Å². The Morgan fingerprint density at radius 3 is 2.48 bits per heavy atom. The molecule has 0 aliphatic heterocycles. The molecular formula is C17H30N4. The third kappa shape index (κ3) is 3.95. The van der Waals surface area contributed by atoms with Crippen molar-refractivity contribution in [2.24, 2.45) is 0 Å². The molecule has 4 heteroatoms. The van der Waals surface area contributed by atoms with Gasteiger partial charge in [-0.2, -0.15) is 0 Å². The Labute approximate surface area is 129 Å². The van der Waals surface area contributed by atoms with E-state index in [1.807, 2.05) is 0 Å². The second-order valence-corrected chi connectivity index (χ2v) is 6.85. The van der Waals surface area contributed by atoms with Crippen molar-refractivity contribution < 1.29 is 0 Å². The smallest absolute Gasteiger partial charge is 0.128 e. The van der Waals surface area contributed by atoms with Crippen LogP contribution in [0.1, 0.15) is 38.8 Å². The lowest BCUT2D eigenvalue weighted by molar-refractivity contribution is 0.0682. The van der Waals surface area contributed by atoms with Crippen molar-refractivity contribution in [3.63, 3.8) is 0 Å². The summed E-state index contributed by atoms with van der Waals surface area (Å²) in [4.78, 5) is 9.48. The Kier molecular flexibility index (Phi) is 5.22. The second-order valence-electron chi connectivity index (χ2n) is 6.85. The first-order valence-corrected chi connectivity index (χ1v) is 8.01. The van der Waals surface area contributed by atoms with Crippen LogP contribution in [0.2, 0.25) is 0 Å². The van der Waals surface area contributed by atoms with Crippen LogP contribution in [0.25, 0.3) is 0 Å². The fourth-order valence-electron chi connectivity index (χ4n) is 2.94. The predicted octanol–water partition coefficient (Wildman–Crippen LogP) is 2.50. The first-order chi connectivity index (χ1) is 9.93. The number of pyridine rings is 1. The van der Waals surface area contributed by atoms with Crippen molar-refractivity contribution in [3.05, 3.63) is 23.9 Å². The highest BCUT2D eigenvalue weighted by Crippen LogP contribution is 2.37. The summed E-state index contributed by atoms with van der Waals surface area (Å²) in [5.41, 5.74) is 1.45. The van der Waals surface area contributed by atoms with E-state index in [9.17, 15) is 0 Å². The normalized spacial score (nSPS) is 17.1. The summed E-state index contributed by atoms with van der Waals surface area (Å²) in [6, 6.07) is 6.80. The summed E-state index contributed by atoms with van der Waals surface area (Å²) in [6.07, 6.45) is 3.93. The van der Waals surface area contributed by atoms with Gasteiger partial charge in [0.25, 0.3) is 0 Å². The highest BCUT2D eigenvalue weighted by Gasteiger charge is 2.40. The Morgan fingerprint density at radius 2 is 1.95 bits per heavy atom. The van der Waals surface area contributed by atoms with Crippen LogP contribution in [-0.2, 0) is 6.54 Å². The van der Waals surface area contributed by atoms with Crippen LogP contribution in [0.4, 0.5) is 5.82 Å². The Balaban J connectivity index is 2.02. The molecule has 1 aliphatic carbocycles. The summed E-state index contributed by atoms with van der Waals surface area (Å²) in [5.74, 6) is 1.08. The van der Waals surface area contributed by atoms with Crippen LogP contribution in [0.15, 0.2) is 18.2 Å². The van der Waals surface area contributed by atoms with Gasteiger partial charge in [-0.3, -0.25) is 0 Å². The van der Waals surface area contributed by atoms with Gasteiger partial charge in [0.15, 0.2) is 0 Å². The van der Waals surface area contributed by atoms with Crippen molar-refractivity contribution in [2.75, 3.05) is 32.6 Å². The lowest BCUT2D eigenvalue weighted by Crippen LogP contribution is -2.56. The molecule has 1 aromatic heterocycles. The quantitative estimate of drug-likeness (QED) is 0.836. The molecule has 0 amide bonds. The van der Waals surface area contributed by atoms with Gasteiger partial charge < -0.3 is 15.1 Å². The first-order valence-electron chi connectivity index (χ1n) is 8.01. The Bertz CT molecular complexity index is 452. The van der Waals surface area contributed by atoms with Gasteiger partial charge in [-0.15, -0.1) is 0 Å². The summed E-state index contributed by atoms with van der Waals surface area (Å²) in [7, 11) is 6.55. The van der Waals surface area contributed by atoms with E-state index < -0.39 is 0 Å². The minimum Gasteiger partial charge on any atom is -0.358 e. The van der Waals surface area contributed by atoms with E-state index in [2.05, 4.69) is 68.3 Å². The number of anilines is 1. The molecule has 1 N–H and O–H groups in total. The van der Waals surface area contributed by atoms with Crippen molar-refractivity contribution in [1.82, 2.24) is 15.2 Å². The van der Waals surface area contributed by atoms with Crippen molar-refractivity contribution in [3.8, 4) is 0 Å². The van der Waals surface area contributed by atoms with E-state index in [0.717, 1.165) is 24.6 Å². The van der Waals surface area contributed by atoms with E-state index >= 15 is 0 Å². The summed E-state index contributed by atoms with van der Waals surface area (Å²) < 4.78 is 0. The third-order valence-electron chi connectivity index (χ3n) is 4.64. The van der Waals surface area contributed by atoms with Gasteiger partial charge in [-0.1, -0.05) is 19.9 Å². The zero-order valence-corrected chi connectivity index (χ0v) is 14.2. The van der Waals surface area contributed by atoms with Gasteiger partial charge in [-0.25, -0.2) is 4.98 Å². The zero-order valence-electron chi connectivity index (χ0n) is 14.2. The Hall–Kier alpha value is -1.13. The van der Waals surface area contributed by atoms with Gasteiger partial charge in [0.05, 0.1) is 5.69 Å². The lowest BCUT2D eigenvalue weighted by atomic mass is 9.75. The number of aromatic nitrogens is 1. The van der Waals surface area contributed by atoms with Crippen molar-refractivity contribution in [2.45, 2.75) is 51.2 Å². The SMILES string of the molecule is CC(C)NCc1cccc(N(C)CC2(N(C)C)CCC2)n1. The molecule has 4 nitrogen and oxygen atoms in total. The molecule has 1 fully saturated rings. The Morgan fingerprint density at radius 1 is 1.24 bits per heavy atom. The standard InChI is InChI=1S/C17H30N4/c1-14(2)18-12-15-8-6-9-16(19-15)21(5)13-17(20(3)4)10-7-11-17/h6,8-9,14,18H,7,10-13H2,1-5H3.